The van der Waals surface area contributed by atoms with Gasteiger partial charge in [-0.2, -0.15) is 0 Å². The van der Waals surface area contributed by atoms with Crippen molar-refractivity contribution < 1.29 is 9.50 Å². The molecule has 0 radical (unpaired) electrons. The van der Waals surface area contributed by atoms with Crippen LogP contribution in [0.4, 0.5) is 4.39 Å². The summed E-state index contributed by atoms with van der Waals surface area (Å²) in [5.41, 5.74) is 2.01. The molecule has 2 N–H and O–H groups in total. The van der Waals surface area contributed by atoms with E-state index in [-0.39, 0.29) is 17.0 Å². The van der Waals surface area contributed by atoms with Crippen LogP contribution in [0.2, 0.25) is 0 Å². The minimum atomic E-state index is -0.856. The van der Waals surface area contributed by atoms with Gasteiger partial charge in [0.1, 0.15) is 16.9 Å². The highest BCUT2D eigenvalue weighted by Crippen LogP contribution is 2.38. The lowest BCUT2D eigenvalue weighted by atomic mass is 10.0. The van der Waals surface area contributed by atoms with Crippen molar-refractivity contribution in [3.63, 3.8) is 0 Å². The SMILES string of the molecule is Oc1cc(-n2ccnc2)ccc1-c1cnc(S[C@H]2CC3CCC(N3)[C@H]2F)cn1. The molecule has 1 aromatic carbocycles. The van der Waals surface area contributed by atoms with E-state index in [0.29, 0.717) is 22.3 Å². The Balaban J connectivity index is 1.32. The number of fused-ring (bicyclic) bond motifs is 2. The number of alkyl halides is 1. The van der Waals surface area contributed by atoms with E-state index in [1.165, 1.54) is 11.8 Å². The number of hydrogen-bond donors (Lipinski definition) is 2. The Hall–Kier alpha value is -2.45. The fourth-order valence-electron chi connectivity index (χ4n) is 4.05. The molecule has 28 heavy (non-hydrogen) atoms. The third-order valence-corrected chi connectivity index (χ3v) is 6.70. The second kappa shape index (κ2) is 7.18. The zero-order chi connectivity index (χ0) is 19.1. The van der Waals surface area contributed by atoms with Gasteiger partial charge in [-0.15, -0.1) is 0 Å². The van der Waals surface area contributed by atoms with E-state index in [1.807, 2.05) is 22.9 Å². The molecule has 2 aliphatic rings. The molecule has 5 rings (SSSR count). The minimum absolute atomic E-state index is 0.0190. The summed E-state index contributed by atoms with van der Waals surface area (Å²) in [6, 6.07) is 5.77. The van der Waals surface area contributed by atoms with Gasteiger partial charge in [0.15, 0.2) is 0 Å². The topological polar surface area (TPSA) is 75.9 Å². The standard InChI is InChI=1S/C20H20FN5OS/c21-20-15-4-1-12(25-15)7-18(20)28-19-10-23-16(9-24-19)14-3-2-13(8-17(14)27)26-6-5-22-11-26/h2-3,5-6,8-12,15,18,20,25,27H,1,4,7H2/t12?,15?,18-,20+/m0/s1. The number of thioether (sulfide) groups is 1. The maximum absolute atomic E-state index is 14.6. The number of benzene rings is 1. The maximum atomic E-state index is 14.6. The van der Waals surface area contributed by atoms with Crippen LogP contribution in [0.1, 0.15) is 19.3 Å². The van der Waals surface area contributed by atoms with Crippen LogP contribution in [-0.4, -0.2) is 48.1 Å². The molecule has 0 spiro atoms. The average Bonchev–Trinajstić information content (AvgIpc) is 3.37. The molecule has 2 bridgehead atoms. The van der Waals surface area contributed by atoms with E-state index in [2.05, 4.69) is 20.3 Å². The third kappa shape index (κ3) is 3.27. The molecular weight excluding hydrogens is 377 g/mol. The van der Waals surface area contributed by atoms with Crippen molar-refractivity contribution in [2.75, 3.05) is 0 Å². The smallest absolute Gasteiger partial charge is 0.128 e. The van der Waals surface area contributed by atoms with Crippen LogP contribution in [0.3, 0.4) is 0 Å². The van der Waals surface area contributed by atoms with Crippen molar-refractivity contribution in [1.82, 2.24) is 24.8 Å². The molecule has 144 valence electrons. The van der Waals surface area contributed by atoms with Crippen molar-refractivity contribution in [3.8, 4) is 22.7 Å². The third-order valence-electron chi connectivity index (χ3n) is 5.49. The molecule has 2 saturated heterocycles. The zero-order valence-electron chi connectivity index (χ0n) is 15.1. The normalized spacial score (nSPS) is 26.5. The van der Waals surface area contributed by atoms with Crippen LogP contribution in [0.25, 0.3) is 16.9 Å². The first-order valence-electron chi connectivity index (χ1n) is 9.38. The number of piperidine rings is 1. The Bertz CT molecular complexity index is 965. The second-order valence-corrected chi connectivity index (χ2v) is 8.55. The first-order chi connectivity index (χ1) is 13.7. The monoisotopic (exact) mass is 397 g/mol. The fraction of sp³-hybridized carbons (Fsp3) is 0.350. The lowest BCUT2D eigenvalue weighted by Crippen LogP contribution is -2.48. The van der Waals surface area contributed by atoms with E-state index in [4.69, 9.17) is 0 Å². The van der Waals surface area contributed by atoms with E-state index < -0.39 is 6.17 Å². The number of nitrogens with one attached hydrogen (secondary N) is 1. The quantitative estimate of drug-likeness (QED) is 0.703. The molecule has 2 aliphatic heterocycles. The second-order valence-electron chi connectivity index (χ2n) is 7.30. The van der Waals surface area contributed by atoms with Crippen molar-refractivity contribution in [2.24, 2.45) is 0 Å². The van der Waals surface area contributed by atoms with Gasteiger partial charge in [0.25, 0.3) is 0 Å². The number of rotatable bonds is 4. The van der Waals surface area contributed by atoms with E-state index >= 15 is 0 Å². The summed E-state index contributed by atoms with van der Waals surface area (Å²) in [5.74, 6) is 0.125. The molecule has 0 aliphatic carbocycles. The highest BCUT2D eigenvalue weighted by molar-refractivity contribution is 7.99. The van der Waals surface area contributed by atoms with Gasteiger partial charge in [-0.1, -0.05) is 11.8 Å². The summed E-state index contributed by atoms with van der Waals surface area (Å²) in [7, 11) is 0. The lowest BCUT2D eigenvalue weighted by molar-refractivity contribution is 0.216. The van der Waals surface area contributed by atoms with Crippen LogP contribution >= 0.6 is 11.8 Å². The lowest BCUT2D eigenvalue weighted by Gasteiger charge is -2.31. The van der Waals surface area contributed by atoms with Gasteiger partial charge in [-0.25, -0.2) is 14.4 Å². The van der Waals surface area contributed by atoms with Crippen LogP contribution in [-0.2, 0) is 0 Å². The number of halogens is 1. The highest BCUT2D eigenvalue weighted by Gasteiger charge is 2.42. The molecule has 2 unspecified atom stereocenters. The van der Waals surface area contributed by atoms with Gasteiger partial charge < -0.3 is 15.0 Å². The molecule has 2 fully saturated rings. The maximum Gasteiger partial charge on any atom is 0.128 e. The van der Waals surface area contributed by atoms with Gasteiger partial charge in [-0.05, 0) is 31.4 Å². The highest BCUT2D eigenvalue weighted by atomic mass is 32.2. The van der Waals surface area contributed by atoms with Crippen molar-refractivity contribution in [3.05, 3.63) is 49.3 Å². The number of aromatic hydroxyl groups is 1. The van der Waals surface area contributed by atoms with Gasteiger partial charge in [-0.3, -0.25) is 4.98 Å². The van der Waals surface area contributed by atoms with E-state index in [1.54, 1.807) is 31.0 Å². The number of phenolic OH excluding ortho intramolecular Hbond substituents is 1. The Morgan fingerprint density at radius 1 is 1.21 bits per heavy atom. The summed E-state index contributed by atoms with van der Waals surface area (Å²) < 4.78 is 16.4. The van der Waals surface area contributed by atoms with Crippen LogP contribution in [0.5, 0.6) is 5.75 Å². The molecular formula is C20H20FN5OS. The Morgan fingerprint density at radius 2 is 2.14 bits per heavy atom. The number of hydrogen-bond acceptors (Lipinski definition) is 6. The number of phenols is 1. The molecule has 4 heterocycles. The number of nitrogens with zero attached hydrogens (tertiary/aromatic N) is 4. The average molecular weight is 397 g/mol. The number of imidazole rings is 1. The number of aromatic nitrogens is 4. The summed E-state index contributed by atoms with van der Waals surface area (Å²) >= 11 is 1.47. The largest absolute Gasteiger partial charge is 0.507 e. The van der Waals surface area contributed by atoms with Gasteiger partial charge in [0.05, 0.1) is 30.1 Å². The van der Waals surface area contributed by atoms with Gasteiger partial charge >= 0.3 is 0 Å². The molecule has 0 saturated carbocycles. The predicted octanol–water partition coefficient (Wildman–Crippen LogP) is 3.36. The molecule has 6 nitrogen and oxygen atoms in total. The molecule has 2 aromatic heterocycles. The van der Waals surface area contributed by atoms with E-state index in [9.17, 15) is 9.50 Å². The Morgan fingerprint density at radius 3 is 2.89 bits per heavy atom. The van der Waals surface area contributed by atoms with Crippen molar-refractivity contribution >= 4 is 11.8 Å². The molecule has 8 heteroatoms. The van der Waals surface area contributed by atoms with E-state index in [0.717, 1.165) is 24.9 Å². The first-order valence-corrected chi connectivity index (χ1v) is 10.3. The molecule has 0 amide bonds. The van der Waals surface area contributed by atoms with Gasteiger partial charge in [0, 0.05) is 41.4 Å². The summed E-state index contributed by atoms with van der Waals surface area (Å²) in [6.07, 6.45) is 10.4. The Labute approximate surface area is 166 Å². The van der Waals surface area contributed by atoms with Crippen LogP contribution in [0, 0.1) is 0 Å². The zero-order valence-corrected chi connectivity index (χ0v) is 15.9. The summed E-state index contributed by atoms with van der Waals surface area (Å²) in [6.45, 7) is 0. The first kappa shape index (κ1) is 17.6. The van der Waals surface area contributed by atoms with Crippen LogP contribution < -0.4 is 5.32 Å². The minimum Gasteiger partial charge on any atom is -0.507 e. The predicted molar refractivity (Wildman–Crippen MR) is 105 cm³/mol. The van der Waals surface area contributed by atoms with Crippen molar-refractivity contribution in [2.45, 2.75) is 47.8 Å². The molecule has 3 aromatic rings. The van der Waals surface area contributed by atoms with Crippen LogP contribution in [0.15, 0.2) is 54.3 Å². The molecule has 4 atom stereocenters. The fourth-order valence-corrected chi connectivity index (χ4v) is 5.24. The Kier molecular flexibility index (Phi) is 4.52. The summed E-state index contributed by atoms with van der Waals surface area (Å²) in [5, 5.41) is 14.4. The van der Waals surface area contributed by atoms with Gasteiger partial charge in [0.2, 0.25) is 0 Å². The van der Waals surface area contributed by atoms with Crippen molar-refractivity contribution in [1.29, 1.82) is 0 Å². The summed E-state index contributed by atoms with van der Waals surface area (Å²) in [4.78, 5) is 12.9.